The van der Waals surface area contributed by atoms with E-state index < -0.39 is 0 Å². The van der Waals surface area contributed by atoms with Gasteiger partial charge in [-0.25, -0.2) is 0 Å². The smallest absolute Gasteiger partial charge is 0.222 e. The number of aromatic nitrogens is 2. The van der Waals surface area contributed by atoms with E-state index in [1.165, 1.54) is 0 Å². The molecule has 1 aromatic carbocycles. The number of ether oxygens (including phenoxy) is 1. The first-order valence-electron chi connectivity index (χ1n) is 9.08. The molecule has 0 radical (unpaired) electrons. The van der Waals surface area contributed by atoms with Gasteiger partial charge in [0.25, 0.3) is 0 Å². The molecule has 138 valence electrons. The Balaban J connectivity index is 1.64. The highest BCUT2D eigenvalue weighted by molar-refractivity contribution is 5.76. The van der Waals surface area contributed by atoms with Gasteiger partial charge in [-0.2, -0.15) is 0 Å². The van der Waals surface area contributed by atoms with Crippen LogP contribution in [0, 0.1) is 5.92 Å². The lowest BCUT2D eigenvalue weighted by Crippen LogP contribution is -2.49. The molecule has 1 amide bonds. The summed E-state index contributed by atoms with van der Waals surface area (Å²) in [5.41, 5.74) is 1.72. The summed E-state index contributed by atoms with van der Waals surface area (Å²) in [5.74, 6) is 2.28. The second-order valence-corrected chi connectivity index (χ2v) is 6.94. The van der Waals surface area contributed by atoms with Gasteiger partial charge in [0.05, 0.1) is 12.8 Å². The van der Waals surface area contributed by atoms with Gasteiger partial charge in [0.15, 0.2) is 5.82 Å². The van der Waals surface area contributed by atoms with Gasteiger partial charge in [0.1, 0.15) is 5.75 Å². The number of rotatable bonds is 5. The summed E-state index contributed by atoms with van der Waals surface area (Å²) < 4.78 is 5.39. The molecule has 1 fully saturated rings. The molecule has 1 aliphatic heterocycles. The molecule has 1 aliphatic rings. The largest absolute Gasteiger partial charge is 0.496 e. The number of carbonyl (C=O) groups excluding carboxylic acids is 1. The number of anilines is 1. The highest BCUT2D eigenvalue weighted by Gasteiger charge is 2.22. The number of methoxy groups -OCH3 is 1. The van der Waals surface area contributed by atoms with Crippen molar-refractivity contribution in [1.29, 1.82) is 0 Å². The first-order chi connectivity index (χ1) is 12.6. The third kappa shape index (κ3) is 4.12. The lowest BCUT2D eigenvalue weighted by molar-refractivity contribution is -0.132. The van der Waals surface area contributed by atoms with Crippen LogP contribution in [0.2, 0.25) is 0 Å². The summed E-state index contributed by atoms with van der Waals surface area (Å²) >= 11 is 0. The Morgan fingerprint density at radius 1 is 1.08 bits per heavy atom. The predicted octanol–water partition coefficient (Wildman–Crippen LogP) is 2.85. The van der Waals surface area contributed by atoms with Crippen molar-refractivity contribution in [3.8, 4) is 17.0 Å². The third-order valence-electron chi connectivity index (χ3n) is 4.57. The van der Waals surface area contributed by atoms with Gasteiger partial charge in [-0.3, -0.25) is 4.79 Å². The highest BCUT2D eigenvalue weighted by atomic mass is 16.5. The first kappa shape index (κ1) is 18.2. The first-order valence-corrected chi connectivity index (χ1v) is 9.08. The van der Waals surface area contributed by atoms with Crippen molar-refractivity contribution in [2.45, 2.75) is 20.3 Å². The number of amides is 1. The van der Waals surface area contributed by atoms with E-state index in [2.05, 4.69) is 28.9 Å². The van der Waals surface area contributed by atoms with Crippen LogP contribution in [-0.2, 0) is 4.79 Å². The molecule has 26 heavy (non-hydrogen) atoms. The van der Waals surface area contributed by atoms with E-state index in [1.54, 1.807) is 7.11 Å². The predicted molar refractivity (Wildman–Crippen MR) is 102 cm³/mol. The maximum atomic E-state index is 12.2. The van der Waals surface area contributed by atoms with Gasteiger partial charge in [0, 0.05) is 38.2 Å². The summed E-state index contributed by atoms with van der Waals surface area (Å²) in [6.45, 7) is 7.20. The summed E-state index contributed by atoms with van der Waals surface area (Å²) in [4.78, 5) is 16.3. The molecule has 3 rings (SSSR count). The topological polar surface area (TPSA) is 58.6 Å². The molecule has 6 heteroatoms. The second-order valence-electron chi connectivity index (χ2n) is 6.94. The fraction of sp³-hybridized carbons (Fsp3) is 0.450. The lowest BCUT2D eigenvalue weighted by Gasteiger charge is -2.35. The maximum Gasteiger partial charge on any atom is 0.222 e. The second kappa shape index (κ2) is 8.17. The minimum Gasteiger partial charge on any atom is -0.496 e. The Morgan fingerprint density at radius 3 is 2.42 bits per heavy atom. The molecular weight excluding hydrogens is 328 g/mol. The number of nitrogens with zero attached hydrogens (tertiary/aromatic N) is 4. The molecule has 1 saturated heterocycles. The highest BCUT2D eigenvalue weighted by Crippen LogP contribution is 2.28. The van der Waals surface area contributed by atoms with Crippen LogP contribution in [0.15, 0.2) is 36.4 Å². The molecule has 0 bridgehead atoms. The standard InChI is InChI=1S/C20H26N4O2/c1-15(2)14-20(25)24-12-10-23(11-13-24)19-9-8-17(21-22-19)16-6-4-5-7-18(16)26-3/h4-9,15H,10-14H2,1-3H3. The number of para-hydroxylation sites is 1. The molecule has 1 aromatic heterocycles. The molecular formula is C20H26N4O2. The summed E-state index contributed by atoms with van der Waals surface area (Å²) in [6, 6.07) is 11.7. The monoisotopic (exact) mass is 354 g/mol. The summed E-state index contributed by atoms with van der Waals surface area (Å²) in [6.07, 6.45) is 0.618. The number of hydrogen-bond donors (Lipinski definition) is 0. The van der Waals surface area contributed by atoms with E-state index in [-0.39, 0.29) is 5.91 Å². The minimum atomic E-state index is 0.247. The number of benzene rings is 1. The number of hydrogen-bond acceptors (Lipinski definition) is 5. The quantitative estimate of drug-likeness (QED) is 0.826. The molecule has 0 saturated carbocycles. The molecule has 6 nitrogen and oxygen atoms in total. The molecule has 0 N–H and O–H groups in total. The van der Waals surface area contributed by atoms with Gasteiger partial charge < -0.3 is 14.5 Å². The van der Waals surface area contributed by atoms with Crippen LogP contribution in [-0.4, -0.2) is 54.3 Å². The SMILES string of the molecule is COc1ccccc1-c1ccc(N2CCN(C(=O)CC(C)C)CC2)nn1. The fourth-order valence-electron chi connectivity index (χ4n) is 3.16. The van der Waals surface area contributed by atoms with Crippen LogP contribution in [0.3, 0.4) is 0 Å². The van der Waals surface area contributed by atoms with Crippen molar-refractivity contribution >= 4 is 11.7 Å². The van der Waals surface area contributed by atoms with Crippen LogP contribution < -0.4 is 9.64 Å². The van der Waals surface area contributed by atoms with Crippen molar-refractivity contribution < 1.29 is 9.53 Å². The Bertz CT molecular complexity index is 738. The van der Waals surface area contributed by atoms with E-state index in [0.717, 1.165) is 49.0 Å². The van der Waals surface area contributed by atoms with Gasteiger partial charge in [0.2, 0.25) is 5.91 Å². The zero-order valence-corrected chi connectivity index (χ0v) is 15.7. The Hall–Kier alpha value is -2.63. The Kier molecular flexibility index (Phi) is 5.71. The third-order valence-corrected chi connectivity index (χ3v) is 4.57. The number of carbonyl (C=O) groups is 1. The van der Waals surface area contributed by atoms with Crippen molar-refractivity contribution in [3.63, 3.8) is 0 Å². The fourth-order valence-corrected chi connectivity index (χ4v) is 3.16. The normalized spacial score (nSPS) is 14.6. The summed E-state index contributed by atoms with van der Waals surface area (Å²) in [5, 5.41) is 8.76. The number of piperazine rings is 1. The van der Waals surface area contributed by atoms with Crippen LogP contribution >= 0.6 is 0 Å². The zero-order chi connectivity index (χ0) is 18.5. The molecule has 2 aromatic rings. The Morgan fingerprint density at radius 2 is 1.81 bits per heavy atom. The van der Waals surface area contributed by atoms with E-state index in [4.69, 9.17) is 4.74 Å². The van der Waals surface area contributed by atoms with Gasteiger partial charge >= 0.3 is 0 Å². The maximum absolute atomic E-state index is 12.2. The molecule has 0 unspecified atom stereocenters. The van der Waals surface area contributed by atoms with E-state index in [1.807, 2.05) is 41.3 Å². The van der Waals surface area contributed by atoms with Crippen LogP contribution in [0.1, 0.15) is 20.3 Å². The molecule has 0 aliphatic carbocycles. The zero-order valence-electron chi connectivity index (χ0n) is 15.7. The van der Waals surface area contributed by atoms with Crippen molar-refractivity contribution in [1.82, 2.24) is 15.1 Å². The summed E-state index contributed by atoms with van der Waals surface area (Å²) in [7, 11) is 1.65. The van der Waals surface area contributed by atoms with E-state index in [9.17, 15) is 4.79 Å². The lowest BCUT2D eigenvalue weighted by atomic mass is 10.1. The average molecular weight is 354 g/mol. The van der Waals surface area contributed by atoms with Crippen LogP contribution in [0.25, 0.3) is 11.3 Å². The van der Waals surface area contributed by atoms with Crippen molar-refractivity contribution in [3.05, 3.63) is 36.4 Å². The van der Waals surface area contributed by atoms with Gasteiger partial charge in [-0.1, -0.05) is 26.0 Å². The van der Waals surface area contributed by atoms with E-state index in [0.29, 0.717) is 12.3 Å². The van der Waals surface area contributed by atoms with E-state index >= 15 is 0 Å². The van der Waals surface area contributed by atoms with Crippen molar-refractivity contribution in [2.75, 3.05) is 38.2 Å². The van der Waals surface area contributed by atoms with Crippen LogP contribution in [0.4, 0.5) is 5.82 Å². The van der Waals surface area contributed by atoms with Gasteiger partial charge in [-0.15, -0.1) is 10.2 Å². The average Bonchev–Trinajstić information content (AvgIpc) is 2.67. The van der Waals surface area contributed by atoms with Crippen molar-refractivity contribution in [2.24, 2.45) is 5.92 Å². The minimum absolute atomic E-state index is 0.247. The molecule has 0 spiro atoms. The molecule has 2 heterocycles. The molecule has 0 atom stereocenters. The van der Waals surface area contributed by atoms with Gasteiger partial charge in [-0.05, 0) is 30.2 Å². The van der Waals surface area contributed by atoms with Crippen LogP contribution in [0.5, 0.6) is 5.75 Å². The Labute approximate surface area is 154 Å².